The second-order valence-electron chi connectivity index (χ2n) is 2.94. The zero-order valence-electron chi connectivity index (χ0n) is 7.95. The molecule has 78 valence electrons. The molecular weight excluding hydrogens is 218 g/mol. The molecule has 1 N–H and O–H groups in total. The Morgan fingerprint density at radius 3 is 2.93 bits per heavy atom. The van der Waals surface area contributed by atoms with Crippen LogP contribution in [0.25, 0.3) is 0 Å². The largest absolute Gasteiger partial charge is 0.395 e. The lowest BCUT2D eigenvalue weighted by atomic mass is 10.4. The molecule has 1 heterocycles. The van der Waals surface area contributed by atoms with Gasteiger partial charge in [0.25, 0.3) is 0 Å². The molecule has 0 saturated carbocycles. The minimum Gasteiger partial charge on any atom is -0.395 e. The molecule has 0 aliphatic carbocycles. The maximum absolute atomic E-state index is 8.86. The first-order valence-electron chi connectivity index (χ1n) is 4.44. The van der Waals surface area contributed by atoms with Crippen LogP contribution in [0.2, 0.25) is 5.02 Å². The number of thiophene rings is 1. The number of aliphatic hydroxyl groups excluding tert-OH is 1. The van der Waals surface area contributed by atoms with E-state index in [1.54, 1.807) is 11.3 Å². The van der Waals surface area contributed by atoms with Gasteiger partial charge in [0, 0.05) is 24.5 Å². The summed E-state index contributed by atoms with van der Waals surface area (Å²) in [6, 6.07) is 1.90. The van der Waals surface area contributed by atoms with Crippen LogP contribution < -0.4 is 0 Å². The van der Waals surface area contributed by atoms with Crippen molar-refractivity contribution in [1.82, 2.24) is 4.90 Å². The Bertz CT molecular complexity index is 287. The molecular formula is C10H14ClNOS. The predicted molar refractivity (Wildman–Crippen MR) is 61.9 cm³/mol. The third-order valence-corrected chi connectivity index (χ3v) is 3.23. The molecule has 0 amide bonds. The second-order valence-corrected chi connectivity index (χ2v) is 4.35. The summed E-state index contributed by atoms with van der Waals surface area (Å²) in [6.07, 6.45) is 1.83. The van der Waals surface area contributed by atoms with E-state index in [0.29, 0.717) is 6.54 Å². The molecule has 4 heteroatoms. The van der Waals surface area contributed by atoms with Crippen LogP contribution in [0.4, 0.5) is 0 Å². The number of hydrogen-bond donors (Lipinski definition) is 1. The van der Waals surface area contributed by atoms with Crippen LogP contribution in [0.1, 0.15) is 4.88 Å². The van der Waals surface area contributed by atoms with Crippen molar-refractivity contribution >= 4 is 22.9 Å². The maximum atomic E-state index is 8.86. The number of rotatable bonds is 6. The summed E-state index contributed by atoms with van der Waals surface area (Å²) < 4.78 is 0. The summed E-state index contributed by atoms with van der Waals surface area (Å²) in [5.41, 5.74) is 0. The van der Waals surface area contributed by atoms with Crippen molar-refractivity contribution in [2.45, 2.75) is 6.54 Å². The Morgan fingerprint density at radius 2 is 2.43 bits per heavy atom. The van der Waals surface area contributed by atoms with Gasteiger partial charge in [0.15, 0.2) is 0 Å². The van der Waals surface area contributed by atoms with E-state index in [1.807, 2.05) is 17.5 Å². The van der Waals surface area contributed by atoms with E-state index in [4.69, 9.17) is 16.7 Å². The van der Waals surface area contributed by atoms with Crippen LogP contribution in [-0.4, -0.2) is 29.7 Å². The van der Waals surface area contributed by atoms with Gasteiger partial charge in [-0.1, -0.05) is 17.7 Å². The summed E-state index contributed by atoms with van der Waals surface area (Å²) in [7, 11) is 0. The highest BCUT2D eigenvalue weighted by atomic mass is 35.5. The van der Waals surface area contributed by atoms with E-state index in [1.165, 1.54) is 0 Å². The van der Waals surface area contributed by atoms with E-state index in [9.17, 15) is 0 Å². The van der Waals surface area contributed by atoms with Gasteiger partial charge < -0.3 is 5.11 Å². The first-order valence-corrected chi connectivity index (χ1v) is 5.69. The first-order chi connectivity index (χ1) is 6.77. The molecule has 2 nitrogen and oxygen atoms in total. The van der Waals surface area contributed by atoms with Crippen molar-refractivity contribution in [1.29, 1.82) is 0 Å². The standard InChI is InChI=1S/C10H14ClNOS/c1-2-4-12(5-6-13)8-10-9(11)3-7-14-10/h2-3,7,13H,1,4-6,8H2. The second kappa shape index (κ2) is 6.19. The SMILES string of the molecule is C=CCN(CCO)Cc1sccc1Cl. The number of hydrogen-bond acceptors (Lipinski definition) is 3. The van der Waals surface area contributed by atoms with Gasteiger partial charge in [-0.25, -0.2) is 0 Å². The van der Waals surface area contributed by atoms with E-state index < -0.39 is 0 Å². The summed E-state index contributed by atoms with van der Waals surface area (Å²) in [4.78, 5) is 3.24. The summed E-state index contributed by atoms with van der Waals surface area (Å²) in [5, 5.41) is 11.6. The molecule has 0 atom stereocenters. The fourth-order valence-electron chi connectivity index (χ4n) is 1.20. The highest BCUT2D eigenvalue weighted by Gasteiger charge is 2.07. The minimum atomic E-state index is 0.164. The Kier molecular flexibility index (Phi) is 5.19. The summed E-state index contributed by atoms with van der Waals surface area (Å²) >= 11 is 7.62. The lowest BCUT2D eigenvalue weighted by molar-refractivity contribution is 0.204. The van der Waals surface area contributed by atoms with Crippen LogP contribution in [0.3, 0.4) is 0 Å². The molecule has 14 heavy (non-hydrogen) atoms. The topological polar surface area (TPSA) is 23.5 Å². The lowest BCUT2D eigenvalue weighted by Crippen LogP contribution is -2.26. The van der Waals surface area contributed by atoms with Crippen LogP contribution in [0.15, 0.2) is 24.1 Å². The van der Waals surface area contributed by atoms with Crippen molar-refractivity contribution in [3.8, 4) is 0 Å². The Labute approximate surface area is 93.4 Å². The Morgan fingerprint density at radius 1 is 1.64 bits per heavy atom. The van der Waals surface area contributed by atoms with Gasteiger partial charge in [-0.05, 0) is 11.4 Å². The summed E-state index contributed by atoms with van der Waals surface area (Å²) in [5.74, 6) is 0. The number of aliphatic hydroxyl groups is 1. The predicted octanol–water partition coefficient (Wildman–Crippen LogP) is 2.38. The number of halogens is 1. The van der Waals surface area contributed by atoms with Gasteiger partial charge >= 0.3 is 0 Å². The number of nitrogens with zero attached hydrogens (tertiary/aromatic N) is 1. The van der Waals surface area contributed by atoms with Crippen LogP contribution in [-0.2, 0) is 6.54 Å². The smallest absolute Gasteiger partial charge is 0.0558 e. The van der Waals surface area contributed by atoms with Gasteiger partial charge in [0.05, 0.1) is 11.6 Å². The quantitative estimate of drug-likeness (QED) is 0.760. The van der Waals surface area contributed by atoms with E-state index in [2.05, 4.69) is 11.5 Å². The molecule has 0 aliphatic rings. The molecule has 0 fully saturated rings. The van der Waals surface area contributed by atoms with E-state index >= 15 is 0 Å². The van der Waals surface area contributed by atoms with Crippen molar-refractivity contribution in [3.05, 3.63) is 34.0 Å². The fraction of sp³-hybridized carbons (Fsp3) is 0.400. The normalized spacial score (nSPS) is 10.8. The van der Waals surface area contributed by atoms with Crippen molar-refractivity contribution in [3.63, 3.8) is 0 Å². The van der Waals surface area contributed by atoms with Gasteiger partial charge in [-0.2, -0.15) is 0 Å². The van der Waals surface area contributed by atoms with Gasteiger partial charge in [0.1, 0.15) is 0 Å². The molecule has 0 radical (unpaired) electrons. The minimum absolute atomic E-state index is 0.164. The molecule has 0 aromatic carbocycles. The highest BCUT2D eigenvalue weighted by molar-refractivity contribution is 7.10. The molecule has 0 unspecified atom stereocenters. The highest BCUT2D eigenvalue weighted by Crippen LogP contribution is 2.23. The Balaban J connectivity index is 2.54. The molecule has 0 bridgehead atoms. The maximum Gasteiger partial charge on any atom is 0.0558 e. The van der Waals surface area contributed by atoms with Crippen molar-refractivity contribution in [2.75, 3.05) is 19.7 Å². The average molecular weight is 232 g/mol. The molecule has 1 aromatic heterocycles. The molecule has 0 aliphatic heterocycles. The van der Waals surface area contributed by atoms with Crippen LogP contribution >= 0.6 is 22.9 Å². The van der Waals surface area contributed by atoms with Crippen LogP contribution in [0.5, 0.6) is 0 Å². The summed E-state index contributed by atoms with van der Waals surface area (Å²) in [6.45, 7) is 6.05. The van der Waals surface area contributed by atoms with Crippen molar-refractivity contribution < 1.29 is 5.11 Å². The average Bonchev–Trinajstić information content (AvgIpc) is 2.53. The zero-order chi connectivity index (χ0) is 10.4. The van der Waals surface area contributed by atoms with Crippen molar-refractivity contribution in [2.24, 2.45) is 0 Å². The molecule has 0 spiro atoms. The third kappa shape index (κ3) is 3.42. The monoisotopic (exact) mass is 231 g/mol. The fourth-order valence-corrected chi connectivity index (χ4v) is 2.34. The molecule has 1 aromatic rings. The van der Waals surface area contributed by atoms with E-state index in [-0.39, 0.29) is 6.61 Å². The van der Waals surface area contributed by atoms with Crippen LogP contribution in [0, 0.1) is 0 Å². The molecule has 0 saturated heterocycles. The van der Waals surface area contributed by atoms with E-state index in [0.717, 1.165) is 23.0 Å². The Hall–Kier alpha value is -0.350. The first kappa shape index (κ1) is 11.7. The molecule has 1 rings (SSSR count). The van der Waals surface area contributed by atoms with Gasteiger partial charge in [-0.3, -0.25) is 4.90 Å². The van der Waals surface area contributed by atoms with Gasteiger partial charge in [-0.15, -0.1) is 17.9 Å². The third-order valence-electron chi connectivity index (χ3n) is 1.86. The lowest BCUT2D eigenvalue weighted by Gasteiger charge is -2.18. The zero-order valence-corrected chi connectivity index (χ0v) is 9.52. The van der Waals surface area contributed by atoms with Gasteiger partial charge in [0.2, 0.25) is 0 Å².